The highest BCUT2D eigenvalue weighted by Gasteiger charge is 2.24. The highest BCUT2D eigenvalue weighted by molar-refractivity contribution is 5.98. The van der Waals surface area contributed by atoms with Crippen molar-refractivity contribution < 1.29 is 9.21 Å². The van der Waals surface area contributed by atoms with Crippen molar-refractivity contribution in [3.8, 4) is 11.5 Å². The summed E-state index contributed by atoms with van der Waals surface area (Å²) >= 11 is 0. The van der Waals surface area contributed by atoms with Gasteiger partial charge in [-0.3, -0.25) is 4.79 Å². The van der Waals surface area contributed by atoms with Crippen LogP contribution in [0.25, 0.3) is 11.5 Å². The zero-order chi connectivity index (χ0) is 14.3. The van der Waals surface area contributed by atoms with Crippen molar-refractivity contribution in [1.82, 2.24) is 10.3 Å². The second-order valence-corrected chi connectivity index (χ2v) is 6.12. The lowest BCUT2D eigenvalue weighted by atomic mass is 9.94. The van der Waals surface area contributed by atoms with Crippen LogP contribution < -0.4 is 5.32 Å². The SMILES string of the molecule is CC(C)(C)c1cnc(-c2cccc3c2CCNC3=O)o1. The number of carbonyl (C=O) groups excluding carboxylic acids is 1. The second-order valence-electron chi connectivity index (χ2n) is 6.12. The van der Waals surface area contributed by atoms with Gasteiger partial charge >= 0.3 is 0 Å². The second kappa shape index (κ2) is 4.47. The van der Waals surface area contributed by atoms with Crippen LogP contribution in [0.15, 0.2) is 28.8 Å². The van der Waals surface area contributed by atoms with Gasteiger partial charge in [-0.05, 0) is 24.1 Å². The van der Waals surface area contributed by atoms with Gasteiger partial charge in [0, 0.05) is 23.1 Å². The third kappa shape index (κ3) is 2.11. The van der Waals surface area contributed by atoms with Crippen molar-refractivity contribution in [2.45, 2.75) is 32.6 Å². The molecule has 0 fully saturated rings. The highest BCUT2D eigenvalue weighted by atomic mass is 16.4. The monoisotopic (exact) mass is 270 g/mol. The fourth-order valence-corrected chi connectivity index (χ4v) is 2.41. The van der Waals surface area contributed by atoms with E-state index in [0.717, 1.165) is 28.9 Å². The minimum atomic E-state index is -0.0720. The van der Waals surface area contributed by atoms with Crippen LogP contribution >= 0.6 is 0 Å². The Bertz CT molecular complexity index is 665. The first-order valence-corrected chi connectivity index (χ1v) is 6.83. The van der Waals surface area contributed by atoms with Crippen LogP contribution in [0, 0.1) is 0 Å². The predicted molar refractivity (Wildman–Crippen MR) is 76.7 cm³/mol. The zero-order valence-corrected chi connectivity index (χ0v) is 12.0. The van der Waals surface area contributed by atoms with Crippen LogP contribution in [0.5, 0.6) is 0 Å². The van der Waals surface area contributed by atoms with E-state index in [9.17, 15) is 4.79 Å². The van der Waals surface area contributed by atoms with Crippen molar-refractivity contribution in [2.75, 3.05) is 6.54 Å². The molecule has 4 heteroatoms. The van der Waals surface area contributed by atoms with Gasteiger partial charge in [0.1, 0.15) is 5.76 Å². The number of aromatic nitrogens is 1. The molecular weight excluding hydrogens is 252 g/mol. The molecule has 2 aromatic rings. The van der Waals surface area contributed by atoms with Crippen molar-refractivity contribution in [3.63, 3.8) is 0 Å². The van der Waals surface area contributed by atoms with Gasteiger partial charge in [0.2, 0.25) is 5.89 Å². The number of rotatable bonds is 1. The molecule has 1 aliphatic rings. The maximum atomic E-state index is 11.9. The van der Waals surface area contributed by atoms with Gasteiger partial charge in [-0.15, -0.1) is 0 Å². The molecule has 4 nitrogen and oxygen atoms in total. The van der Waals surface area contributed by atoms with Crippen molar-refractivity contribution in [3.05, 3.63) is 41.3 Å². The van der Waals surface area contributed by atoms with Crippen LogP contribution in [0.1, 0.15) is 42.5 Å². The lowest BCUT2D eigenvalue weighted by molar-refractivity contribution is 0.0946. The number of oxazole rings is 1. The molecule has 0 bridgehead atoms. The van der Waals surface area contributed by atoms with Crippen LogP contribution in [0.4, 0.5) is 0 Å². The van der Waals surface area contributed by atoms with Crippen molar-refractivity contribution >= 4 is 5.91 Å². The van der Waals surface area contributed by atoms with E-state index in [2.05, 4.69) is 31.1 Å². The van der Waals surface area contributed by atoms with Crippen molar-refractivity contribution in [1.29, 1.82) is 0 Å². The summed E-state index contributed by atoms with van der Waals surface area (Å²) in [6, 6.07) is 5.69. The Labute approximate surface area is 118 Å². The summed E-state index contributed by atoms with van der Waals surface area (Å²) in [5.74, 6) is 1.43. The summed E-state index contributed by atoms with van der Waals surface area (Å²) in [5.41, 5.74) is 2.60. The van der Waals surface area contributed by atoms with Gasteiger partial charge in [0.15, 0.2) is 0 Å². The molecule has 104 valence electrons. The Hall–Kier alpha value is -2.10. The molecular formula is C16H18N2O2. The average Bonchev–Trinajstić information content (AvgIpc) is 2.88. The van der Waals surface area contributed by atoms with Gasteiger partial charge in [0.05, 0.1) is 6.20 Å². The Morgan fingerprint density at radius 3 is 2.70 bits per heavy atom. The first-order chi connectivity index (χ1) is 9.47. The summed E-state index contributed by atoms with van der Waals surface area (Å²) in [5, 5.41) is 2.86. The Morgan fingerprint density at radius 1 is 1.25 bits per heavy atom. The molecule has 20 heavy (non-hydrogen) atoms. The van der Waals surface area contributed by atoms with Gasteiger partial charge in [0.25, 0.3) is 5.91 Å². The van der Waals surface area contributed by atoms with Crippen LogP contribution in [-0.2, 0) is 11.8 Å². The van der Waals surface area contributed by atoms with Crippen LogP contribution in [0.2, 0.25) is 0 Å². The number of nitrogens with one attached hydrogen (secondary N) is 1. The van der Waals surface area contributed by atoms with Gasteiger partial charge in [-0.1, -0.05) is 26.8 Å². The number of carbonyl (C=O) groups is 1. The van der Waals surface area contributed by atoms with E-state index in [1.807, 2.05) is 18.2 Å². The molecule has 1 aliphatic heterocycles. The quantitative estimate of drug-likeness (QED) is 0.866. The molecule has 1 aromatic carbocycles. The Morgan fingerprint density at radius 2 is 2.00 bits per heavy atom. The van der Waals surface area contributed by atoms with E-state index in [-0.39, 0.29) is 11.3 Å². The van der Waals surface area contributed by atoms with E-state index in [0.29, 0.717) is 12.4 Å². The summed E-state index contributed by atoms with van der Waals surface area (Å²) < 4.78 is 5.89. The minimum Gasteiger partial charge on any atom is -0.441 e. The van der Waals surface area contributed by atoms with Crippen molar-refractivity contribution in [2.24, 2.45) is 0 Å². The third-order valence-corrected chi connectivity index (χ3v) is 3.56. The summed E-state index contributed by atoms with van der Waals surface area (Å²) in [4.78, 5) is 16.3. The van der Waals surface area contributed by atoms with Gasteiger partial charge < -0.3 is 9.73 Å². The number of benzene rings is 1. The van der Waals surface area contributed by atoms with Crippen LogP contribution in [-0.4, -0.2) is 17.4 Å². The number of fused-ring (bicyclic) bond motifs is 1. The molecule has 0 saturated heterocycles. The third-order valence-electron chi connectivity index (χ3n) is 3.56. The zero-order valence-electron chi connectivity index (χ0n) is 12.0. The smallest absolute Gasteiger partial charge is 0.251 e. The minimum absolute atomic E-state index is 0.0179. The lowest BCUT2D eigenvalue weighted by Crippen LogP contribution is -2.32. The molecule has 1 amide bonds. The molecule has 0 radical (unpaired) electrons. The number of hydrogen-bond donors (Lipinski definition) is 1. The molecule has 0 saturated carbocycles. The maximum absolute atomic E-state index is 11.9. The first-order valence-electron chi connectivity index (χ1n) is 6.83. The van der Waals surface area contributed by atoms with E-state index in [1.165, 1.54) is 0 Å². The molecule has 1 aromatic heterocycles. The maximum Gasteiger partial charge on any atom is 0.251 e. The summed E-state index contributed by atoms with van der Waals surface area (Å²) in [7, 11) is 0. The Balaban J connectivity index is 2.09. The average molecular weight is 270 g/mol. The molecule has 3 rings (SSSR count). The molecule has 0 atom stereocenters. The summed E-state index contributed by atoms with van der Waals surface area (Å²) in [6.07, 6.45) is 2.59. The van der Waals surface area contributed by atoms with E-state index in [1.54, 1.807) is 6.20 Å². The van der Waals surface area contributed by atoms with Gasteiger partial charge in [-0.2, -0.15) is 0 Å². The molecule has 0 aliphatic carbocycles. The van der Waals surface area contributed by atoms with Crippen LogP contribution in [0.3, 0.4) is 0 Å². The molecule has 2 heterocycles. The van der Waals surface area contributed by atoms with Gasteiger partial charge in [-0.25, -0.2) is 4.98 Å². The normalized spacial score (nSPS) is 14.8. The largest absolute Gasteiger partial charge is 0.441 e. The number of amides is 1. The molecule has 1 N–H and O–H groups in total. The molecule has 0 unspecified atom stereocenters. The molecule has 0 spiro atoms. The number of hydrogen-bond acceptors (Lipinski definition) is 3. The summed E-state index contributed by atoms with van der Waals surface area (Å²) in [6.45, 7) is 6.93. The van der Waals surface area contributed by atoms with E-state index in [4.69, 9.17) is 4.42 Å². The van der Waals surface area contributed by atoms with E-state index < -0.39 is 0 Å². The van der Waals surface area contributed by atoms with E-state index >= 15 is 0 Å². The fraction of sp³-hybridized carbons (Fsp3) is 0.375. The fourth-order valence-electron chi connectivity index (χ4n) is 2.41. The first kappa shape index (κ1) is 12.9. The lowest BCUT2D eigenvalue weighted by Gasteiger charge is -2.18. The predicted octanol–water partition coefficient (Wildman–Crippen LogP) is 2.93. The highest BCUT2D eigenvalue weighted by Crippen LogP contribution is 2.31. The topological polar surface area (TPSA) is 55.1 Å². The standard InChI is InChI=1S/C16H18N2O2/c1-16(2,3)13-9-18-15(20-13)12-6-4-5-11-10(12)7-8-17-14(11)19/h4-6,9H,7-8H2,1-3H3,(H,17,19). The number of nitrogens with zero attached hydrogens (tertiary/aromatic N) is 1. The Kier molecular flexibility index (Phi) is 2.89.